The molecule has 0 aliphatic heterocycles. The van der Waals surface area contributed by atoms with Crippen LogP contribution in [0.2, 0.25) is 0 Å². The van der Waals surface area contributed by atoms with Crippen molar-refractivity contribution >= 4 is 17.4 Å². The maximum Gasteiger partial charge on any atom is 0.319 e. The van der Waals surface area contributed by atoms with Crippen molar-refractivity contribution in [3.63, 3.8) is 0 Å². The van der Waals surface area contributed by atoms with Gasteiger partial charge in [0.25, 0.3) is 0 Å². The topological polar surface area (TPSA) is 44.4 Å². The number of benzene rings is 1. The first-order valence-corrected chi connectivity index (χ1v) is 7.00. The minimum atomic E-state index is -0.0946. The van der Waals surface area contributed by atoms with Crippen molar-refractivity contribution in [1.29, 1.82) is 0 Å². The number of nitrogens with one attached hydrogen (secondary N) is 2. The van der Waals surface area contributed by atoms with E-state index in [1.807, 2.05) is 43.3 Å². The molecule has 0 saturated heterocycles. The lowest BCUT2D eigenvalue weighted by molar-refractivity contribution is 0.244. The van der Waals surface area contributed by atoms with Crippen LogP contribution in [0.25, 0.3) is 0 Å². The Balaban J connectivity index is 1.89. The molecule has 0 atom stereocenters. The number of hydrogen-bond donors (Lipinski definition) is 2. The molecule has 4 heteroatoms. The quantitative estimate of drug-likeness (QED) is 0.877. The average Bonchev–Trinajstić information content (AvgIpc) is 2.40. The average molecular weight is 261 g/mol. The zero-order chi connectivity index (χ0) is 13.7. The van der Waals surface area contributed by atoms with Gasteiger partial charge in [-0.3, -0.25) is 0 Å². The predicted octanol–water partition coefficient (Wildman–Crippen LogP) is 3.21. The number of rotatable bonds is 3. The standard InChI is InChI=1S/C15H23N3O/c1-18(2)14-10-6-9-13(11-14)17-15(19)16-12-7-4-3-5-8-12/h6,9-12H,3-5,7-8H2,1-2H3,(H2,16,17,19). The highest BCUT2D eigenvalue weighted by molar-refractivity contribution is 5.90. The molecule has 104 valence electrons. The largest absolute Gasteiger partial charge is 0.378 e. The fourth-order valence-electron chi connectivity index (χ4n) is 2.46. The van der Waals surface area contributed by atoms with Crippen LogP contribution >= 0.6 is 0 Å². The van der Waals surface area contributed by atoms with Gasteiger partial charge in [-0.1, -0.05) is 25.3 Å². The molecule has 0 bridgehead atoms. The highest BCUT2D eigenvalue weighted by atomic mass is 16.2. The molecule has 0 heterocycles. The first-order chi connectivity index (χ1) is 9.15. The Kier molecular flexibility index (Phi) is 4.66. The molecule has 19 heavy (non-hydrogen) atoms. The Morgan fingerprint density at radius 2 is 1.95 bits per heavy atom. The van der Waals surface area contributed by atoms with E-state index in [0.717, 1.165) is 24.2 Å². The Morgan fingerprint density at radius 1 is 1.21 bits per heavy atom. The van der Waals surface area contributed by atoms with Crippen LogP contribution in [-0.2, 0) is 0 Å². The molecule has 1 aromatic carbocycles. The molecule has 1 aliphatic rings. The summed E-state index contributed by atoms with van der Waals surface area (Å²) in [6.07, 6.45) is 5.95. The van der Waals surface area contributed by atoms with Crippen molar-refractivity contribution < 1.29 is 4.79 Å². The summed E-state index contributed by atoms with van der Waals surface area (Å²) in [4.78, 5) is 13.9. The minimum absolute atomic E-state index is 0.0946. The van der Waals surface area contributed by atoms with Gasteiger partial charge in [0, 0.05) is 31.5 Å². The van der Waals surface area contributed by atoms with Gasteiger partial charge in [-0.15, -0.1) is 0 Å². The molecule has 2 N–H and O–H groups in total. The Morgan fingerprint density at radius 3 is 2.63 bits per heavy atom. The molecular formula is C15H23N3O. The van der Waals surface area contributed by atoms with E-state index in [1.54, 1.807) is 0 Å². The summed E-state index contributed by atoms with van der Waals surface area (Å²) in [5.74, 6) is 0. The van der Waals surface area contributed by atoms with Crippen molar-refractivity contribution in [1.82, 2.24) is 5.32 Å². The van der Waals surface area contributed by atoms with E-state index in [4.69, 9.17) is 0 Å². The van der Waals surface area contributed by atoms with Gasteiger partial charge in [-0.2, -0.15) is 0 Å². The molecule has 0 spiro atoms. The molecule has 1 saturated carbocycles. The molecule has 0 unspecified atom stereocenters. The van der Waals surface area contributed by atoms with Crippen LogP contribution in [-0.4, -0.2) is 26.2 Å². The highest BCUT2D eigenvalue weighted by Gasteiger charge is 2.15. The molecule has 1 fully saturated rings. The van der Waals surface area contributed by atoms with E-state index in [-0.39, 0.29) is 6.03 Å². The monoisotopic (exact) mass is 261 g/mol. The normalized spacial score (nSPS) is 15.9. The molecule has 0 aromatic heterocycles. The first-order valence-electron chi connectivity index (χ1n) is 7.00. The Bertz CT molecular complexity index is 425. The predicted molar refractivity (Wildman–Crippen MR) is 79.8 cm³/mol. The minimum Gasteiger partial charge on any atom is -0.378 e. The zero-order valence-electron chi connectivity index (χ0n) is 11.8. The summed E-state index contributed by atoms with van der Waals surface area (Å²) in [5, 5.41) is 5.96. The van der Waals surface area contributed by atoms with Gasteiger partial charge in [0.05, 0.1) is 0 Å². The van der Waals surface area contributed by atoms with Gasteiger partial charge >= 0.3 is 6.03 Å². The van der Waals surface area contributed by atoms with Gasteiger partial charge in [0.2, 0.25) is 0 Å². The number of urea groups is 1. The SMILES string of the molecule is CN(C)c1cccc(NC(=O)NC2CCCCC2)c1. The van der Waals surface area contributed by atoms with Crippen LogP contribution in [0, 0.1) is 0 Å². The van der Waals surface area contributed by atoms with Crippen molar-refractivity contribution in [2.75, 3.05) is 24.3 Å². The molecule has 1 aromatic rings. The third-order valence-corrected chi connectivity index (χ3v) is 3.56. The summed E-state index contributed by atoms with van der Waals surface area (Å²) in [6.45, 7) is 0. The van der Waals surface area contributed by atoms with Crippen molar-refractivity contribution in [3.8, 4) is 0 Å². The maximum atomic E-state index is 11.9. The lowest BCUT2D eigenvalue weighted by atomic mass is 9.96. The van der Waals surface area contributed by atoms with E-state index < -0.39 is 0 Å². The second-order valence-corrected chi connectivity index (χ2v) is 5.38. The molecule has 2 rings (SSSR count). The van der Waals surface area contributed by atoms with Crippen LogP contribution in [0.1, 0.15) is 32.1 Å². The van der Waals surface area contributed by atoms with E-state index >= 15 is 0 Å². The maximum absolute atomic E-state index is 11.9. The fourth-order valence-corrected chi connectivity index (χ4v) is 2.46. The summed E-state index contributed by atoms with van der Waals surface area (Å²) in [5.41, 5.74) is 1.91. The second kappa shape index (κ2) is 6.45. The van der Waals surface area contributed by atoms with E-state index in [2.05, 4.69) is 10.6 Å². The number of carbonyl (C=O) groups excluding carboxylic acids is 1. The van der Waals surface area contributed by atoms with Crippen molar-refractivity contribution in [2.24, 2.45) is 0 Å². The fraction of sp³-hybridized carbons (Fsp3) is 0.533. The number of nitrogens with zero attached hydrogens (tertiary/aromatic N) is 1. The molecule has 4 nitrogen and oxygen atoms in total. The molecule has 1 aliphatic carbocycles. The van der Waals surface area contributed by atoms with Crippen LogP contribution in [0.5, 0.6) is 0 Å². The lowest BCUT2D eigenvalue weighted by Crippen LogP contribution is -2.39. The van der Waals surface area contributed by atoms with Crippen LogP contribution in [0.3, 0.4) is 0 Å². The van der Waals surface area contributed by atoms with E-state index in [9.17, 15) is 4.79 Å². The molecule has 2 amide bonds. The number of amides is 2. The lowest BCUT2D eigenvalue weighted by Gasteiger charge is -2.23. The van der Waals surface area contributed by atoms with Gasteiger partial charge in [-0.25, -0.2) is 4.79 Å². The van der Waals surface area contributed by atoms with Gasteiger partial charge in [0.1, 0.15) is 0 Å². The Hall–Kier alpha value is -1.71. The van der Waals surface area contributed by atoms with Gasteiger partial charge in [0.15, 0.2) is 0 Å². The van der Waals surface area contributed by atoms with Gasteiger partial charge in [-0.05, 0) is 31.0 Å². The highest BCUT2D eigenvalue weighted by Crippen LogP contribution is 2.19. The van der Waals surface area contributed by atoms with Gasteiger partial charge < -0.3 is 15.5 Å². The number of anilines is 2. The summed E-state index contributed by atoms with van der Waals surface area (Å²) < 4.78 is 0. The third kappa shape index (κ3) is 4.16. The summed E-state index contributed by atoms with van der Waals surface area (Å²) in [7, 11) is 3.97. The number of hydrogen-bond acceptors (Lipinski definition) is 2. The van der Waals surface area contributed by atoms with Crippen LogP contribution in [0.15, 0.2) is 24.3 Å². The van der Waals surface area contributed by atoms with Crippen molar-refractivity contribution in [3.05, 3.63) is 24.3 Å². The third-order valence-electron chi connectivity index (χ3n) is 3.56. The number of carbonyl (C=O) groups is 1. The van der Waals surface area contributed by atoms with E-state index in [0.29, 0.717) is 6.04 Å². The van der Waals surface area contributed by atoms with Crippen LogP contribution < -0.4 is 15.5 Å². The first kappa shape index (κ1) is 13.7. The van der Waals surface area contributed by atoms with E-state index in [1.165, 1.54) is 19.3 Å². The Labute approximate surface area is 115 Å². The summed E-state index contributed by atoms with van der Waals surface area (Å²) >= 11 is 0. The summed E-state index contributed by atoms with van der Waals surface area (Å²) in [6, 6.07) is 8.09. The van der Waals surface area contributed by atoms with Crippen LogP contribution in [0.4, 0.5) is 16.2 Å². The van der Waals surface area contributed by atoms with Crippen molar-refractivity contribution in [2.45, 2.75) is 38.1 Å². The second-order valence-electron chi connectivity index (χ2n) is 5.38. The smallest absolute Gasteiger partial charge is 0.319 e. The molecule has 0 radical (unpaired) electrons. The zero-order valence-corrected chi connectivity index (χ0v) is 11.8. The molecular weight excluding hydrogens is 238 g/mol.